The summed E-state index contributed by atoms with van der Waals surface area (Å²) in [6.45, 7) is 8.22. The minimum absolute atomic E-state index is 0.00683. The molecule has 0 saturated carbocycles. The van der Waals surface area contributed by atoms with E-state index in [1.807, 2.05) is 29.5 Å². The molecule has 0 aliphatic carbocycles. The third-order valence-electron chi connectivity index (χ3n) is 9.42. The zero-order chi connectivity index (χ0) is 32.0. The fourth-order valence-electron chi connectivity index (χ4n) is 6.63. The van der Waals surface area contributed by atoms with Crippen LogP contribution in [0.2, 0.25) is 0 Å². The molecule has 2 aliphatic rings. The van der Waals surface area contributed by atoms with Gasteiger partial charge < -0.3 is 14.4 Å². The van der Waals surface area contributed by atoms with Crippen LogP contribution in [0.4, 0.5) is 11.4 Å². The van der Waals surface area contributed by atoms with Crippen LogP contribution < -0.4 is 14.5 Å². The molecule has 0 spiro atoms. The molecule has 1 aromatic heterocycles. The lowest BCUT2D eigenvalue weighted by Gasteiger charge is -2.36. The number of anilines is 2. The molecule has 0 unspecified atom stereocenters. The predicted molar refractivity (Wildman–Crippen MR) is 190 cm³/mol. The molecular formula is C38H53N3O4S. The van der Waals surface area contributed by atoms with E-state index in [0.717, 1.165) is 75.4 Å². The van der Waals surface area contributed by atoms with Crippen LogP contribution in [0.1, 0.15) is 96.0 Å². The van der Waals surface area contributed by atoms with E-state index in [2.05, 4.69) is 46.4 Å². The Morgan fingerprint density at radius 1 is 0.826 bits per heavy atom. The number of fused-ring (bicyclic) bond motifs is 2. The number of carbonyl (C=O) groups is 2. The molecular weight excluding hydrogens is 595 g/mol. The molecule has 1 fully saturated rings. The van der Waals surface area contributed by atoms with Crippen molar-refractivity contribution in [2.24, 2.45) is 0 Å². The number of thiophene rings is 1. The number of carbonyl (C=O) groups excluding carboxylic acids is 2. The SMILES string of the molecule is CCCCCCCCCCCC(=O)OCN1C(=O)CCc2ccc(OCCCCN3CCN(c4cccc5sccc45)CC3)cc21. The number of hydrogen-bond donors (Lipinski definition) is 0. The summed E-state index contributed by atoms with van der Waals surface area (Å²) in [6, 6.07) is 14.9. The summed E-state index contributed by atoms with van der Waals surface area (Å²) in [7, 11) is 0. The molecule has 0 bridgehead atoms. The highest BCUT2D eigenvalue weighted by atomic mass is 32.1. The fraction of sp³-hybridized carbons (Fsp3) is 0.579. The average Bonchev–Trinajstić information content (AvgIpc) is 3.57. The Morgan fingerprint density at radius 3 is 2.41 bits per heavy atom. The lowest BCUT2D eigenvalue weighted by atomic mass is 10.0. The van der Waals surface area contributed by atoms with Crippen molar-refractivity contribution in [1.82, 2.24) is 4.90 Å². The smallest absolute Gasteiger partial charge is 0.307 e. The maximum atomic E-state index is 12.8. The number of aryl methyl sites for hydroxylation is 1. The van der Waals surface area contributed by atoms with Crippen molar-refractivity contribution < 1.29 is 19.1 Å². The van der Waals surface area contributed by atoms with E-state index in [1.54, 1.807) is 4.90 Å². The van der Waals surface area contributed by atoms with Crippen LogP contribution in [0, 0.1) is 0 Å². The first-order valence-corrected chi connectivity index (χ1v) is 18.7. The van der Waals surface area contributed by atoms with Crippen LogP contribution in [-0.2, 0) is 20.7 Å². The minimum atomic E-state index is -0.225. The Morgan fingerprint density at radius 2 is 1.61 bits per heavy atom. The highest BCUT2D eigenvalue weighted by molar-refractivity contribution is 7.17. The molecule has 7 nitrogen and oxygen atoms in total. The highest BCUT2D eigenvalue weighted by Crippen LogP contribution is 2.33. The summed E-state index contributed by atoms with van der Waals surface area (Å²) in [5, 5.41) is 3.56. The van der Waals surface area contributed by atoms with Crippen LogP contribution in [0.15, 0.2) is 47.8 Å². The first kappa shape index (κ1) is 34.2. The molecule has 0 radical (unpaired) electrons. The maximum Gasteiger partial charge on any atom is 0.307 e. The van der Waals surface area contributed by atoms with Gasteiger partial charge in [-0.25, -0.2) is 0 Å². The monoisotopic (exact) mass is 647 g/mol. The van der Waals surface area contributed by atoms with E-state index in [0.29, 0.717) is 25.9 Å². The summed E-state index contributed by atoms with van der Waals surface area (Å²) in [5.41, 5.74) is 3.27. The summed E-state index contributed by atoms with van der Waals surface area (Å²) < 4.78 is 13.0. The summed E-state index contributed by atoms with van der Waals surface area (Å²) >= 11 is 1.81. The fourth-order valence-corrected chi connectivity index (χ4v) is 7.44. The van der Waals surface area contributed by atoms with Gasteiger partial charge in [-0.05, 0) is 67.4 Å². The number of amides is 1. The van der Waals surface area contributed by atoms with Crippen molar-refractivity contribution in [3.05, 3.63) is 53.4 Å². The van der Waals surface area contributed by atoms with Gasteiger partial charge in [-0.15, -0.1) is 11.3 Å². The number of nitrogens with zero attached hydrogens (tertiary/aromatic N) is 3. The van der Waals surface area contributed by atoms with Gasteiger partial charge in [0.1, 0.15) is 5.75 Å². The predicted octanol–water partition coefficient (Wildman–Crippen LogP) is 8.58. The standard InChI is InChI=1S/C38H53N3O4S/c1-2-3-4-5-6-7-8-9-10-16-38(43)45-30-41-35-29-32(19-17-31(35)18-20-37(41)42)44-27-12-11-22-39-23-25-40(26-24-39)34-14-13-15-36-33(34)21-28-46-36/h13-15,17,19,21,28-29H,2-12,16,18,20,22-27,30H2,1H3. The van der Waals surface area contributed by atoms with Gasteiger partial charge in [-0.2, -0.15) is 0 Å². The lowest BCUT2D eigenvalue weighted by Crippen LogP contribution is -2.46. The molecule has 250 valence electrons. The van der Waals surface area contributed by atoms with E-state index < -0.39 is 0 Å². The first-order chi connectivity index (χ1) is 22.6. The number of piperazine rings is 1. The van der Waals surface area contributed by atoms with Crippen molar-refractivity contribution in [1.29, 1.82) is 0 Å². The van der Waals surface area contributed by atoms with Crippen LogP contribution in [0.25, 0.3) is 10.1 Å². The molecule has 0 atom stereocenters. The molecule has 8 heteroatoms. The summed E-state index contributed by atoms with van der Waals surface area (Å²) in [5.74, 6) is 0.528. The van der Waals surface area contributed by atoms with Crippen LogP contribution >= 0.6 is 11.3 Å². The molecule has 1 saturated heterocycles. The summed E-state index contributed by atoms with van der Waals surface area (Å²) in [4.78, 5) is 31.9. The van der Waals surface area contributed by atoms with E-state index in [1.165, 1.54) is 60.7 Å². The second kappa shape index (κ2) is 18.3. The van der Waals surface area contributed by atoms with Crippen molar-refractivity contribution in [2.45, 2.75) is 96.8 Å². The van der Waals surface area contributed by atoms with E-state index in [9.17, 15) is 9.59 Å². The summed E-state index contributed by atoms with van der Waals surface area (Å²) in [6.07, 6.45) is 14.5. The lowest BCUT2D eigenvalue weighted by molar-refractivity contribution is -0.144. The Kier molecular flexibility index (Phi) is 13.6. The normalized spacial score (nSPS) is 15.4. The maximum absolute atomic E-state index is 12.8. The van der Waals surface area contributed by atoms with Gasteiger partial charge in [0.15, 0.2) is 6.73 Å². The van der Waals surface area contributed by atoms with Gasteiger partial charge in [-0.1, -0.05) is 70.4 Å². The molecule has 0 N–H and O–H groups in total. The van der Waals surface area contributed by atoms with Crippen LogP contribution in [0.5, 0.6) is 5.75 Å². The topological polar surface area (TPSA) is 62.3 Å². The van der Waals surface area contributed by atoms with Gasteiger partial charge in [-0.3, -0.25) is 19.4 Å². The van der Waals surface area contributed by atoms with Crippen LogP contribution in [-0.4, -0.2) is 62.8 Å². The molecule has 2 aromatic carbocycles. The molecule has 5 rings (SSSR count). The van der Waals surface area contributed by atoms with E-state index >= 15 is 0 Å². The third kappa shape index (κ3) is 9.95. The zero-order valence-electron chi connectivity index (χ0n) is 27.9. The second-order valence-electron chi connectivity index (χ2n) is 12.8. The van der Waals surface area contributed by atoms with E-state index in [4.69, 9.17) is 9.47 Å². The number of rotatable bonds is 19. The van der Waals surface area contributed by atoms with Crippen molar-refractivity contribution >= 4 is 44.7 Å². The van der Waals surface area contributed by atoms with Crippen molar-refractivity contribution in [2.75, 3.05) is 55.9 Å². The second-order valence-corrected chi connectivity index (χ2v) is 13.8. The number of esters is 1. The average molecular weight is 648 g/mol. The Hall–Kier alpha value is -3.10. The molecule has 2 aliphatic heterocycles. The van der Waals surface area contributed by atoms with Crippen molar-refractivity contribution in [3.63, 3.8) is 0 Å². The number of ether oxygens (including phenoxy) is 2. The third-order valence-corrected chi connectivity index (χ3v) is 10.3. The van der Waals surface area contributed by atoms with E-state index in [-0.39, 0.29) is 18.6 Å². The molecule has 1 amide bonds. The minimum Gasteiger partial charge on any atom is -0.494 e. The van der Waals surface area contributed by atoms with Gasteiger partial charge in [0.05, 0.1) is 12.3 Å². The Balaban J connectivity index is 0.977. The number of benzene rings is 2. The van der Waals surface area contributed by atoms with Crippen molar-refractivity contribution in [3.8, 4) is 5.75 Å². The number of hydrogen-bond acceptors (Lipinski definition) is 7. The Labute approximate surface area is 279 Å². The molecule has 46 heavy (non-hydrogen) atoms. The highest BCUT2D eigenvalue weighted by Gasteiger charge is 2.26. The van der Waals surface area contributed by atoms with Gasteiger partial charge >= 0.3 is 5.97 Å². The molecule has 3 heterocycles. The van der Waals surface area contributed by atoms with Crippen LogP contribution in [0.3, 0.4) is 0 Å². The van der Waals surface area contributed by atoms with Gasteiger partial charge in [0.2, 0.25) is 5.91 Å². The zero-order valence-corrected chi connectivity index (χ0v) is 28.7. The quantitative estimate of drug-likeness (QED) is 0.0960. The largest absolute Gasteiger partial charge is 0.494 e. The first-order valence-electron chi connectivity index (χ1n) is 17.8. The van der Waals surface area contributed by atoms with Gasteiger partial charge in [0.25, 0.3) is 0 Å². The Bertz CT molecular complexity index is 1380. The van der Waals surface area contributed by atoms with Gasteiger partial charge in [0, 0.05) is 60.9 Å². The molecule has 3 aromatic rings. The number of unbranched alkanes of at least 4 members (excludes halogenated alkanes) is 9.